The zero-order valence-electron chi connectivity index (χ0n) is 8.50. The highest BCUT2D eigenvalue weighted by Gasteiger charge is 2.24. The number of aliphatic hydroxyl groups excluding tert-OH is 1. The van der Waals surface area contributed by atoms with E-state index in [1.165, 1.54) is 18.2 Å². The van der Waals surface area contributed by atoms with Gasteiger partial charge in [0.1, 0.15) is 6.04 Å². The zero-order chi connectivity index (χ0) is 13.1. The molecule has 0 aliphatic carbocycles. The van der Waals surface area contributed by atoms with Crippen LogP contribution in [0.2, 0.25) is 0 Å². The number of carboxylic acid groups (broad SMARTS) is 1. The highest BCUT2D eigenvalue weighted by Crippen LogP contribution is 2.16. The van der Waals surface area contributed by atoms with E-state index < -0.39 is 28.6 Å². The van der Waals surface area contributed by atoms with Gasteiger partial charge >= 0.3 is 5.97 Å². The Labute approximate surface area is 106 Å². The van der Waals surface area contributed by atoms with Crippen molar-refractivity contribution in [3.05, 3.63) is 28.7 Å². The number of benzene rings is 1. The Hall–Kier alpha value is -0.960. The number of nitrogens with one attached hydrogen (secondary N) is 1. The summed E-state index contributed by atoms with van der Waals surface area (Å²) in [6.07, 6.45) is 0. The molecule has 0 aliphatic heterocycles. The number of carboxylic acids is 1. The minimum Gasteiger partial charge on any atom is -0.480 e. The van der Waals surface area contributed by atoms with Gasteiger partial charge < -0.3 is 10.2 Å². The molecule has 0 saturated heterocycles. The number of hydrogen-bond acceptors (Lipinski definition) is 4. The van der Waals surface area contributed by atoms with Crippen molar-refractivity contribution in [2.24, 2.45) is 0 Å². The third-order valence-electron chi connectivity index (χ3n) is 1.88. The Morgan fingerprint density at radius 2 is 2.12 bits per heavy atom. The first kappa shape index (κ1) is 14.1. The quantitative estimate of drug-likeness (QED) is 0.716. The number of rotatable bonds is 5. The summed E-state index contributed by atoms with van der Waals surface area (Å²) in [7, 11) is -3.96. The van der Waals surface area contributed by atoms with E-state index in [1.54, 1.807) is 6.07 Å². The lowest BCUT2D eigenvalue weighted by molar-refractivity contribution is -0.139. The molecule has 0 aromatic heterocycles. The predicted molar refractivity (Wildman–Crippen MR) is 63.0 cm³/mol. The molecule has 1 aromatic carbocycles. The molecule has 0 heterocycles. The maximum atomic E-state index is 11.8. The number of aliphatic carboxylic acids is 1. The molecule has 0 radical (unpaired) electrons. The standard InChI is InChI=1S/C9H10BrNO5S/c10-6-2-1-3-7(4-6)17(15,16)11-8(5-12)9(13)14/h1-4,8,11-12H,5H2,(H,13,14). The molecule has 8 heteroatoms. The van der Waals surface area contributed by atoms with E-state index in [0.717, 1.165) is 0 Å². The molecular weight excluding hydrogens is 314 g/mol. The molecule has 0 spiro atoms. The van der Waals surface area contributed by atoms with Crippen molar-refractivity contribution in [2.45, 2.75) is 10.9 Å². The van der Waals surface area contributed by atoms with Crippen molar-refractivity contribution in [3.8, 4) is 0 Å². The largest absolute Gasteiger partial charge is 0.480 e. The molecule has 0 fully saturated rings. The van der Waals surface area contributed by atoms with Gasteiger partial charge in [-0.05, 0) is 18.2 Å². The summed E-state index contributed by atoms with van der Waals surface area (Å²) in [4.78, 5) is 10.5. The fourth-order valence-electron chi connectivity index (χ4n) is 1.06. The van der Waals surface area contributed by atoms with Gasteiger partial charge in [0.2, 0.25) is 10.0 Å². The smallest absolute Gasteiger partial charge is 0.324 e. The number of hydrogen-bond donors (Lipinski definition) is 3. The summed E-state index contributed by atoms with van der Waals surface area (Å²) < 4.78 is 25.9. The lowest BCUT2D eigenvalue weighted by Gasteiger charge is -2.12. The molecule has 0 aliphatic rings. The molecule has 0 bridgehead atoms. The molecule has 1 unspecified atom stereocenters. The Kier molecular flexibility index (Phi) is 4.63. The molecule has 6 nitrogen and oxygen atoms in total. The first-order chi connectivity index (χ1) is 7.86. The van der Waals surface area contributed by atoms with Crippen LogP contribution in [0.1, 0.15) is 0 Å². The first-order valence-electron chi connectivity index (χ1n) is 4.48. The van der Waals surface area contributed by atoms with Crippen LogP contribution in [0, 0.1) is 0 Å². The molecule has 1 atom stereocenters. The minimum atomic E-state index is -3.96. The van der Waals surface area contributed by atoms with Crippen LogP contribution >= 0.6 is 15.9 Å². The predicted octanol–water partition coefficient (Wildman–Crippen LogP) is 0.173. The Morgan fingerprint density at radius 3 is 2.59 bits per heavy atom. The van der Waals surface area contributed by atoms with Crippen molar-refractivity contribution in [1.29, 1.82) is 0 Å². The van der Waals surface area contributed by atoms with Crippen LogP contribution in [0.3, 0.4) is 0 Å². The Balaban J connectivity index is 3.00. The van der Waals surface area contributed by atoms with Crippen molar-refractivity contribution >= 4 is 31.9 Å². The molecule has 1 rings (SSSR count). The average molecular weight is 324 g/mol. The van der Waals surface area contributed by atoms with Gasteiger partial charge in [0, 0.05) is 4.47 Å². The van der Waals surface area contributed by atoms with Crippen LogP contribution in [-0.2, 0) is 14.8 Å². The second-order valence-corrected chi connectivity index (χ2v) is 5.78. The van der Waals surface area contributed by atoms with Crippen LogP contribution in [0.5, 0.6) is 0 Å². The summed E-state index contributed by atoms with van der Waals surface area (Å²) in [6.45, 7) is -0.817. The van der Waals surface area contributed by atoms with Crippen molar-refractivity contribution < 1.29 is 23.4 Å². The summed E-state index contributed by atoms with van der Waals surface area (Å²) in [5, 5.41) is 17.4. The lowest BCUT2D eigenvalue weighted by Crippen LogP contribution is -2.43. The van der Waals surface area contributed by atoms with Gasteiger partial charge in [-0.3, -0.25) is 4.79 Å². The van der Waals surface area contributed by atoms with Gasteiger partial charge in [0.15, 0.2) is 0 Å². The van der Waals surface area contributed by atoms with Gasteiger partial charge in [0.25, 0.3) is 0 Å². The molecule has 0 amide bonds. The van der Waals surface area contributed by atoms with Gasteiger partial charge in [-0.1, -0.05) is 22.0 Å². The third kappa shape index (κ3) is 3.77. The summed E-state index contributed by atoms with van der Waals surface area (Å²) in [6, 6.07) is 4.24. The monoisotopic (exact) mass is 323 g/mol. The zero-order valence-corrected chi connectivity index (χ0v) is 10.9. The SMILES string of the molecule is O=C(O)C(CO)NS(=O)(=O)c1cccc(Br)c1. The Bertz CT molecular complexity index is 516. The van der Waals surface area contributed by atoms with Crippen LogP contribution in [0.4, 0.5) is 0 Å². The first-order valence-corrected chi connectivity index (χ1v) is 6.76. The summed E-state index contributed by atoms with van der Waals surface area (Å²) in [5.74, 6) is -1.44. The van der Waals surface area contributed by atoms with E-state index in [2.05, 4.69) is 15.9 Å². The van der Waals surface area contributed by atoms with E-state index in [1.807, 2.05) is 4.72 Å². The van der Waals surface area contributed by atoms with Gasteiger partial charge in [0.05, 0.1) is 11.5 Å². The molecule has 94 valence electrons. The number of carbonyl (C=O) groups is 1. The van der Waals surface area contributed by atoms with E-state index in [4.69, 9.17) is 10.2 Å². The van der Waals surface area contributed by atoms with Crippen molar-refractivity contribution in [1.82, 2.24) is 4.72 Å². The normalized spacial score (nSPS) is 13.3. The van der Waals surface area contributed by atoms with Crippen molar-refractivity contribution in [3.63, 3.8) is 0 Å². The van der Waals surface area contributed by atoms with Gasteiger partial charge in [-0.2, -0.15) is 4.72 Å². The van der Waals surface area contributed by atoms with E-state index in [-0.39, 0.29) is 4.90 Å². The maximum absolute atomic E-state index is 11.8. The Morgan fingerprint density at radius 1 is 1.47 bits per heavy atom. The minimum absolute atomic E-state index is 0.0772. The number of sulfonamides is 1. The van der Waals surface area contributed by atoms with E-state index >= 15 is 0 Å². The van der Waals surface area contributed by atoms with E-state index in [0.29, 0.717) is 4.47 Å². The summed E-state index contributed by atoms with van der Waals surface area (Å²) >= 11 is 3.11. The molecular formula is C9H10BrNO5S. The number of aliphatic hydroxyl groups is 1. The highest BCUT2D eigenvalue weighted by molar-refractivity contribution is 9.10. The third-order valence-corrected chi connectivity index (χ3v) is 3.85. The van der Waals surface area contributed by atoms with Crippen LogP contribution < -0.4 is 4.72 Å². The topological polar surface area (TPSA) is 104 Å². The second kappa shape index (κ2) is 5.58. The molecule has 17 heavy (non-hydrogen) atoms. The average Bonchev–Trinajstić information content (AvgIpc) is 2.25. The van der Waals surface area contributed by atoms with Crippen LogP contribution in [0.25, 0.3) is 0 Å². The highest BCUT2D eigenvalue weighted by atomic mass is 79.9. The number of halogens is 1. The van der Waals surface area contributed by atoms with E-state index in [9.17, 15) is 13.2 Å². The van der Waals surface area contributed by atoms with Crippen LogP contribution in [-0.4, -0.2) is 37.2 Å². The molecule has 0 saturated carbocycles. The molecule has 1 aromatic rings. The fraction of sp³-hybridized carbons (Fsp3) is 0.222. The van der Waals surface area contributed by atoms with Crippen LogP contribution in [0.15, 0.2) is 33.6 Å². The van der Waals surface area contributed by atoms with Gasteiger partial charge in [-0.25, -0.2) is 8.42 Å². The van der Waals surface area contributed by atoms with Gasteiger partial charge in [-0.15, -0.1) is 0 Å². The van der Waals surface area contributed by atoms with Crippen molar-refractivity contribution in [2.75, 3.05) is 6.61 Å². The fourth-order valence-corrected chi connectivity index (χ4v) is 2.83. The summed E-state index contributed by atoms with van der Waals surface area (Å²) in [5.41, 5.74) is 0. The maximum Gasteiger partial charge on any atom is 0.324 e. The second-order valence-electron chi connectivity index (χ2n) is 3.15. The lowest BCUT2D eigenvalue weighted by atomic mass is 10.3. The molecule has 3 N–H and O–H groups in total.